The van der Waals surface area contributed by atoms with Crippen LogP contribution in [0.25, 0.3) is 21.3 Å². The van der Waals surface area contributed by atoms with Gasteiger partial charge in [-0.1, -0.05) is 19.3 Å². The lowest BCUT2D eigenvalue weighted by Gasteiger charge is -2.17. The van der Waals surface area contributed by atoms with Crippen LogP contribution in [0.1, 0.15) is 57.4 Å². The highest BCUT2D eigenvalue weighted by atomic mass is 32.1. The van der Waals surface area contributed by atoms with Gasteiger partial charge in [-0.3, -0.25) is 4.98 Å². The number of imidazole rings is 1. The summed E-state index contributed by atoms with van der Waals surface area (Å²) in [5.41, 5.74) is 2.72. The molecule has 6 heteroatoms. The van der Waals surface area contributed by atoms with Crippen LogP contribution in [0, 0.1) is 17.2 Å². The van der Waals surface area contributed by atoms with E-state index in [0.29, 0.717) is 5.82 Å². The van der Waals surface area contributed by atoms with Gasteiger partial charge >= 0.3 is 0 Å². The summed E-state index contributed by atoms with van der Waals surface area (Å²) in [5, 5.41) is 19.8. The molecular formula is C18H22N4OS. The van der Waals surface area contributed by atoms with Gasteiger partial charge in [0.05, 0.1) is 28.0 Å². The summed E-state index contributed by atoms with van der Waals surface area (Å²) in [7, 11) is 0. The Balaban J connectivity index is 0.000000162. The molecule has 3 aromatic heterocycles. The van der Waals surface area contributed by atoms with Crippen LogP contribution in [0.5, 0.6) is 0 Å². The number of thiophene rings is 1. The Hall–Kier alpha value is -1.97. The van der Waals surface area contributed by atoms with E-state index in [9.17, 15) is 5.11 Å². The van der Waals surface area contributed by atoms with Gasteiger partial charge in [0.15, 0.2) is 0 Å². The van der Waals surface area contributed by atoms with Gasteiger partial charge in [-0.25, -0.2) is 4.98 Å². The van der Waals surface area contributed by atoms with Crippen molar-refractivity contribution in [3.05, 3.63) is 23.5 Å². The lowest BCUT2D eigenvalue weighted by atomic mass is 9.87. The third-order valence-electron chi connectivity index (χ3n) is 4.44. The topological polar surface area (TPSA) is 85.6 Å². The van der Waals surface area contributed by atoms with Gasteiger partial charge in [0.2, 0.25) is 0 Å². The SMILES string of the molecule is CC(O)c1nc2c(cnc3ccsc32)[nH]1.N#CCC1CCCCC1. The number of nitrogens with one attached hydrogen (secondary N) is 1. The lowest BCUT2D eigenvalue weighted by Crippen LogP contribution is -2.04. The minimum absolute atomic E-state index is 0.576. The summed E-state index contributed by atoms with van der Waals surface area (Å²) in [6.07, 6.45) is 8.66. The molecule has 0 radical (unpaired) electrons. The molecule has 1 unspecified atom stereocenters. The van der Waals surface area contributed by atoms with Crippen LogP contribution in [0.4, 0.5) is 0 Å². The van der Waals surface area contributed by atoms with Crippen molar-refractivity contribution in [2.75, 3.05) is 0 Å². The van der Waals surface area contributed by atoms with Crippen molar-refractivity contribution in [2.45, 2.75) is 51.6 Å². The number of fused-ring (bicyclic) bond motifs is 3. The normalized spacial score (nSPS) is 16.5. The zero-order chi connectivity index (χ0) is 16.9. The number of aromatic nitrogens is 3. The number of hydrogen-bond acceptors (Lipinski definition) is 5. The second-order valence-electron chi connectivity index (χ2n) is 6.32. The molecule has 3 heterocycles. The number of nitrogens with zero attached hydrogens (tertiary/aromatic N) is 3. The van der Waals surface area contributed by atoms with Gasteiger partial charge in [0, 0.05) is 6.42 Å². The maximum atomic E-state index is 9.44. The first-order valence-corrected chi connectivity index (χ1v) is 9.34. The van der Waals surface area contributed by atoms with Crippen LogP contribution >= 0.6 is 11.3 Å². The largest absolute Gasteiger partial charge is 0.385 e. The fraction of sp³-hybridized carbons (Fsp3) is 0.500. The number of nitriles is 1. The second-order valence-corrected chi connectivity index (χ2v) is 7.24. The Morgan fingerprint density at radius 1 is 1.42 bits per heavy atom. The monoisotopic (exact) mass is 342 g/mol. The highest BCUT2D eigenvalue weighted by Gasteiger charge is 2.12. The Labute approximate surface area is 145 Å². The molecule has 126 valence electrons. The summed E-state index contributed by atoms with van der Waals surface area (Å²) in [6, 6.07) is 4.21. The maximum absolute atomic E-state index is 9.44. The second kappa shape index (κ2) is 7.73. The van der Waals surface area contributed by atoms with E-state index < -0.39 is 6.10 Å². The van der Waals surface area contributed by atoms with Crippen molar-refractivity contribution in [3.8, 4) is 6.07 Å². The molecule has 24 heavy (non-hydrogen) atoms. The number of aliphatic hydroxyl groups excluding tert-OH is 1. The predicted octanol–water partition coefficient (Wildman–Crippen LogP) is 4.71. The Morgan fingerprint density at radius 2 is 2.21 bits per heavy atom. The molecule has 2 N–H and O–H groups in total. The molecule has 1 aliphatic rings. The average Bonchev–Trinajstić information content (AvgIpc) is 3.23. The number of aromatic amines is 1. The van der Waals surface area contributed by atoms with Crippen molar-refractivity contribution < 1.29 is 5.11 Å². The quantitative estimate of drug-likeness (QED) is 0.706. The molecule has 1 fully saturated rings. The van der Waals surface area contributed by atoms with Crippen molar-refractivity contribution >= 4 is 32.6 Å². The van der Waals surface area contributed by atoms with Crippen LogP contribution in [0.15, 0.2) is 17.6 Å². The third-order valence-corrected chi connectivity index (χ3v) is 5.35. The summed E-state index contributed by atoms with van der Waals surface area (Å²) in [6.45, 7) is 1.69. The molecule has 0 aromatic carbocycles. The first-order chi connectivity index (χ1) is 11.7. The van der Waals surface area contributed by atoms with Crippen molar-refractivity contribution in [1.29, 1.82) is 5.26 Å². The van der Waals surface area contributed by atoms with E-state index >= 15 is 0 Å². The van der Waals surface area contributed by atoms with Crippen molar-refractivity contribution in [2.24, 2.45) is 5.92 Å². The fourth-order valence-corrected chi connectivity index (χ4v) is 3.95. The van der Waals surface area contributed by atoms with E-state index in [4.69, 9.17) is 5.26 Å². The Bertz CT molecular complexity index is 840. The summed E-state index contributed by atoms with van der Waals surface area (Å²) in [5.74, 6) is 1.33. The maximum Gasteiger partial charge on any atom is 0.136 e. The average molecular weight is 342 g/mol. The molecule has 0 amide bonds. The molecule has 1 aliphatic carbocycles. The van der Waals surface area contributed by atoms with Crippen molar-refractivity contribution in [1.82, 2.24) is 15.0 Å². The summed E-state index contributed by atoms with van der Waals surface area (Å²) >= 11 is 1.62. The van der Waals surface area contributed by atoms with E-state index in [0.717, 1.165) is 33.6 Å². The summed E-state index contributed by atoms with van der Waals surface area (Å²) in [4.78, 5) is 11.7. The fourth-order valence-electron chi connectivity index (χ4n) is 3.11. The van der Waals surface area contributed by atoms with Crippen LogP contribution in [-0.2, 0) is 0 Å². The van der Waals surface area contributed by atoms with Gasteiger partial charge in [-0.15, -0.1) is 11.3 Å². The van der Waals surface area contributed by atoms with Crippen LogP contribution in [0.2, 0.25) is 0 Å². The number of pyridine rings is 1. The van der Waals surface area contributed by atoms with Crippen LogP contribution in [-0.4, -0.2) is 20.1 Å². The number of H-pyrrole nitrogens is 1. The van der Waals surface area contributed by atoms with E-state index in [1.54, 1.807) is 24.5 Å². The molecular weight excluding hydrogens is 320 g/mol. The van der Waals surface area contributed by atoms with Gasteiger partial charge in [-0.05, 0) is 37.1 Å². The zero-order valence-corrected chi connectivity index (χ0v) is 14.6. The highest BCUT2D eigenvalue weighted by molar-refractivity contribution is 7.18. The van der Waals surface area contributed by atoms with Crippen molar-refractivity contribution in [3.63, 3.8) is 0 Å². The molecule has 0 spiro atoms. The molecule has 4 rings (SSSR count). The summed E-state index contributed by atoms with van der Waals surface area (Å²) < 4.78 is 1.07. The first-order valence-electron chi connectivity index (χ1n) is 8.46. The van der Waals surface area contributed by atoms with E-state index in [1.165, 1.54) is 32.1 Å². The standard InChI is InChI=1S/C10H9N3OS.C8H13N/c1-5(14)10-12-7-4-11-6-2-3-15-9(6)8(7)13-10;9-7-6-8-4-2-1-3-5-8/h2-5,14H,1H3,(H,12,13);8H,1-6H2. The van der Waals surface area contributed by atoms with Gasteiger partial charge in [0.1, 0.15) is 17.4 Å². The molecule has 5 nitrogen and oxygen atoms in total. The third kappa shape index (κ3) is 3.74. The van der Waals surface area contributed by atoms with Gasteiger partial charge in [-0.2, -0.15) is 5.26 Å². The lowest BCUT2D eigenvalue weighted by molar-refractivity contribution is 0.190. The molecule has 1 saturated carbocycles. The Morgan fingerprint density at radius 3 is 2.92 bits per heavy atom. The molecule has 0 aliphatic heterocycles. The minimum Gasteiger partial charge on any atom is -0.385 e. The zero-order valence-electron chi connectivity index (χ0n) is 13.8. The number of hydrogen-bond donors (Lipinski definition) is 2. The van der Waals surface area contributed by atoms with E-state index in [1.807, 2.05) is 11.4 Å². The molecule has 3 aromatic rings. The number of aliphatic hydroxyl groups is 1. The predicted molar refractivity (Wildman–Crippen MR) is 96.7 cm³/mol. The molecule has 1 atom stereocenters. The van der Waals surface area contributed by atoms with Crippen LogP contribution in [0.3, 0.4) is 0 Å². The van der Waals surface area contributed by atoms with Gasteiger partial charge in [0.25, 0.3) is 0 Å². The Kier molecular flexibility index (Phi) is 5.44. The number of rotatable bonds is 2. The van der Waals surface area contributed by atoms with E-state index in [-0.39, 0.29) is 0 Å². The minimum atomic E-state index is -0.576. The molecule has 0 saturated heterocycles. The highest BCUT2D eigenvalue weighted by Crippen LogP contribution is 2.27. The van der Waals surface area contributed by atoms with Gasteiger partial charge < -0.3 is 10.1 Å². The smallest absolute Gasteiger partial charge is 0.136 e. The first kappa shape index (κ1) is 16.9. The van der Waals surface area contributed by atoms with Crippen LogP contribution < -0.4 is 0 Å². The molecule has 0 bridgehead atoms. The van der Waals surface area contributed by atoms with E-state index in [2.05, 4.69) is 21.0 Å².